The number of nitrogens with one attached hydrogen (secondary N) is 2. The Balaban J connectivity index is 1.55. The quantitative estimate of drug-likeness (QED) is 0.169. The van der Waals surface area contributed by atoms with Crippen molar-refractivity contribution < 1.29 is 33.1 Å². The zero-order chi connectivity index (χ0) is 29.3. The van der Waals surface area contributed by atoms with Crippen LogP contribution in [0.15, 0.2) is 48.5 Å². The molecule has 3 rings (SSSR count). The number of amides is 2. The lowest BCUT2D eigenvalue weighted by molar-refractivity contribution is -0.870. The number of hydrogen-bond donors (Lipinski definition) is 2. The maximum absolute atomic E-state index is 12.9. The minimum Gasteiger partial charge on any atom is -0.458 e. The fraction of sp³-hybridized carbons (Fsp3) is 0.516. The first-order valence-corrected chi connectivity index (χ1v) is 13.9. The summed E-state index contributed by atoms with van der Waals surface area (Å²) in [7, 11) is 6.04. The number of carbonyl (C=O) groups excluding carboxylic acids is 3. The van der Waals surface area contributed by atoms with E-state index in [4.69, 9.17) is 14.2 Å². The van der Waals surface area contributed by atoms with E-state index in [1.165, 1.54) is 0 Å². The number of rotatable bonds is 12. The molecule has 1 atom stereocenters. The molecular formula is C31H44N3O6+. The van der Waals surface area contributed by atoms with Gasteiger partial charge in [-0.15, -0.1) is 0 Å². The van der Waals surface area contributed by atoms with E-state index in [1.54, 1.807) is 20.8 Å². The number of likely N-dealkylation sites (N-methyl/N-ethyl adjacent to an activating group) is 1. The number of benzene rings is 2. The highest BCUT2D eigenvalue weighted by Gasteiger charge is 2.30. The monoisotopic (exact) mass is 554 g/mol. The fourth-order valence-electron chi connectivity index (χ4n) is 4.53. The molecule has 0 saturated carbocycles. The molecule has 9 nitrogen and oxygen atoms in total. The molecule has 0 unspecified atom stereocenters. The number of esters is 1. The Morgan fingerprint density at radius 2 is 1.48 bits per heavy atom. The lowest BCUT2D eigenvalue weighted by atomic mass is 9.98. The van der Waals surface area contributed by atoms with Gasteiger partial charge in [0.1, 0.15) is 31.4 Å². The highest BCUT2D eigenvalue weighted by molar-refractivity contribution is 5.82. The Bertz CT molecular complexity index is 1120. The third kappa shape index (κ3) is 9.55. The van der Waals surface area contributed by atoms with E-state index in [2.05, 4.69) is 34.9 Å². The van der Waals surface area contributed by atoms with Crippen molar-refractivity contribution in [2.75, 3.05) is 47.4 Å². The van der Waals surface area contributed by atoms with E-state index in [0.717, 1.165) is 22.3 Å². The Labute approximate surface area is 237 Å². The maximum Gasteiger partial charge on any atom is 0.407 e. The van der Waals surface area contributed by atoms with Crippen LogP contribution in [0.4, 0.5) is 9.59 Å². The maximum atomic E-state index is 12.9. The highest BCUT2D eigenvalue weighted by atomic mass is 16.6. The summed E-state index contributed by atoms with van der Waals surface area (Å²) in [5.74, 6) is -0.575. The molecule has 1 aliphatic rings. The van der Waals surface area contributed by atoms with E-state index in [1.807, 2.05) is 45.4 Å². The number of ether oxygens (including phenoxy) is 3. The van der Waals surface area contributed by atoms with Crippen molar-refractivity contribution in [1.82, 2.24) is 10.6 Å². The molecule has 0 heterocycles. The summed E-state index contributed by atoms with van der Waals surface area (Å²) in [6.45, 7) is 6.84. The first kappa shape index (κ1) is 30.9. The van der Waals surface area contributed by atoms with Crippen molar-refractivity contribution >= 4 is 18.2 Å². The number of unbranched alkanes of at least 4 members (excludes halogenated alkanes) is 1. The van der Waals surface area contributed by atoms with Gasteiger partial charge >= 0.3 is 18.2 Å². The molecule has 2 aromatic rings. The van der Waals surface area contributed by atoms with Crippen LogP contribution in [0.2, 0.25) is 0 Å². The third-order valence-corrected chi connectivity index (χ3v) is 6.51. The van der Waals surface area contributed by atoms with Crippen LogP contribution >= 0.6 is 0 Å². The average Bonchev–Trinajstić information content (AvgIpc) is 3.18. The summed E-state index contributed by atoms with van der Waals surface area (Å²) in [4.78, 5) is 37.6. The number of alkyl carbamates (subject to hydrolysis) is 2. The second kappa shape index (κ2) is 13.7. The summed E-state index contributed by atoms with van der Waals surface area (Å²) >= 11 is 0. The van der Waals surface area contributed by atoms with Crippen LogP contribution in [0.3, 0.4) is 0 Å². The molecule has 218 valence electrons. The third-order valence-electron chi connectivity index (χ3n) is 6.51. The normalized spacial score (nSPS) is 13.6. The summed E-state index contributed by atoms with van der Waals surface area (Å²) in [6, 6.07) is 15.4. The molecule has 0 saturated heterocycles. The molecule has 2 aromatic carbocycles. The zero-order valence-electron chi connectivity index (χ0n) is 24.6. The number of quaternary nitrogens is 1. The lowest BCUT2D eigenvalue weighted by Gasteiger charge is -2.24. The lowest BCUT2D eigenvalue weighted by Crippen LogP contribution is -2.44. The number of nitrogens with zero attached hydrogens (tertiary/aromatic N) is 1. The predicted molar refractivity (Wildman–Crippen MR) is 154 cm³/mol. The van der Waals surface area contributed by atoms with E-state index >= 15 is 0 Å². The van der Waals surface area contributed by atoms with Gasteiger partial charge in [0.25, 0.3) is 0 Å². The van der Waals surface area contributed by atoms with E-state index < -0.39 is 29.8 Å². The van der Waals surface area contributed by atoms with Gasteiger partial charge in [-0.05, 0) is 62.3 Å². The van der Waals surface area contributed by atoms with Crippen molar-refractivity contribution in [3.05, 3.63) is 59.7 Å². The Hall–Kier alpha value is -3.59. The van der Waals surface area contributed by atoms with Crippen molar-refractivity contribution in [3.8, 4) is 11.1 Å². The first-order chi connectivity index (χ1) is 18.8. The summed E-state index contributed by atoms with van der Waals surface area (Å²) < 4.78 is 17.0. The van der Waals surface area contributed by atoms with Crippen LogP contribution < -0.4 is 10.6 Å². The topological polar surface area (TPSA) is 103 Å². The largest absolute Gasteiger partial charge is 0.458 e. The molecule has 2 N–H and O–H groups in total. The molecule has 0 spiro atoms. The Kier molecular flexibility index (Phi) is 10.6. The molecule has 0 aromatic heterocycles. The molecular weight excluding hydrogens is 510 g/mol. The summed E-state index contributed by atoms with van der Waals surface area (Å²) in [5, 5.41) is 5.42. The molecule has 0 radical (unpaired) electrons. The van der Waals surface area contributed by atoms with Gasteiger partial charge in [-0.1, -0.05) is 48.5 Å². The van der Waals surface area contributed by atoms with Crippen molar-refractivity contribution in [3.63, 3.8) is 0 Å². The zero-order valence-corrected chi connectivity index (χ0v) is 24.6. The van der Waals surface area contributed by atoms with Gasteiger partial charge in [0.05, 0.1) is 21.1 Å². The van der Waals surface area contributed by atoms with E-state index in [0.29, 0.717) is 36.8 Å². The van der Waals surface area contributed by atoms with Gasteiger partial charge in [-0.3, -0.25) is 0 Å². The van der Waals surface area contributed by atoms with Crippen LogP contribution in [0.25, 0.3) is 11.1 Å². The smallest absolute Gasteiger partial charge is 0.407 e. The van der Waals surface area contributed by atoms with Crippen LogP contribution in [0, 0.1) is 0 Å². The molecule has 9 heteroatoms. The van der Waals surface area contributed by atoms with Crippen LogP contribution in [0.1, 0.15) is 57.1 Å². The average molecular weight is 555 g/mol. The van der Waals surface area contributed by atoms with E-state index in [-0.39, 0.29) is 19.1 Å². The van der Waals surface area contributed by atoms with Gasteiger partial charge in [0, 0.05) is 12.5 Å². The molecule has 1 aliphatic carbocycles. The first-order valence-electron chi connectivity index (χ1n) is 13.9. The SMILES string of the molecule is CC(C)(C)OC(=O)NCCCC[C@H](NC(=O)OCC1c2ccccc2-c2ccccc21)C(=O)OCC[N+](C)(C)C. The summed E-state index contributed by atoms with van der Waals surface area (Å²) in [5.41, 5.74) is 3.95. The van der Waals surface area contributed by atoms with E-state index in [9.17, 15) is 14.4 Å². The standard InChI is InChI=1S/C31H43N3O6/c1-31(2,3)40-29(36)32-18-12-11-17-27(28(35)38-20-19-34(4,5)6)33-30(37)39-21-26-24-15-9-7-13-22(24)23-14-8-10-16-25(23)26/h7-10,13-16,26-27H,11-12,17-21H2,1-6H3,(H-,32,33,36,37)/p+1/t27-/m0/s1. The minimum atomic E-state index is -0.857. The number of fused-ring (bicyclic) bond motifs is 3. The second-order valence-electron chi connectivity index (χ2n) is 12.1. The molecule has 2 amide bonds. The van der Waals surface area contributed by atoms with Gasteiger partial charge < -0.3 is 29.3 Å². The van der Waals surface area contributed by atoms with Crippen LogP contribution in [0.5, 0.6) is 0 Å². The van der Waals surface area contributed by atoms with Gasteiger partial charge in [0.15, 0.2) is 0 Å². The number of carbonyl (C=O) groups is 3. The fourth-order valence-corrected chi connectivity index (χ4v) is 4.53. The molecule has 0 aliphatic heterocycles. The Morgan fingerprint density at radius 1 is 0.875 bits per heavy atom. The molecule has 0 fully saturated rings. The Morgan fingerprint density at radius 3 is 2.05 bits per heavy atom. The minimum absolute atomic E-state index is 0.0768. The molecule has 40 heavy (non-hydrogen) atoms. The van der Waals surface area contributed by atoms with Crippen molar-refractivity contribution in [2.24, 2.45) is 0 Å². The van der Waals surface area contributed by atoms with Crippen LogP contribution in [-0.2, 0) is 19.0 Å². The molecule has 0 bridgehead atoms. The van der Waals surface area contributed by atoms with Gasteiger partial charge in [0.2, 0.25) is 0 Å². The summed E-state index contributed by atoms with van der Waals surface area (Å²) in [6.07, 6.45) is 0.384. The second-order valence-corrected chi connectivity index (χ2v) is 12.1. The van der Waals surface area contributed by atoms with Crippen LogP contribution in [-0.4, -0.2) is 81.7 Å². The highest BCUT2D eigenvalue weighted by Crippen LogP contribution is 2.44. The predicted octanol–water partition coefficient (Wildman–Crippen LogP) is 4.84. The van der Waals surface area contributed by atoms with Crippen molar-refractivity contribution in [1.29, 1.82) is 0 Å². The van der Waals surface area contributed by atoms with Gasteiger partial charge in [-0.2, -0.15) is 0 Å². The van der Waals surface area contributed by atoms with Crippen molar-refractivity contribution in [2.45, 2.75) is 57.6 Å². The number of hydrogen-bond acceptors (Lipinski definition) is 6. The van der Waals surface area contributed by atoms with Gasteiger partial charge in [-0.25, -0.2) is 14.4 Å².